The van der Waals surface area contributed by atoms with Crippen LogP contribution >= 0.6 is 39.9 Å². The van der Waals surface area contributed by atoms with Crippen LogP contribution in [0.2, 0.25) is 0 Å². The van der Waals surface area contributed by atoms with E-state index in [-0.39, 0.29) is 22.2 Å². The molecule has 220 valence electrons. The van der Waals surface area contributed by atoms with E-state index in [1.54, 1.807) is 25.1 Å². The number of thiocarbonyl (C=S) groups is 1. The van der Waals surface area contributed by atoms with Crippen molar-refractivity contribution in [2.24, 2.45) is 0 Å². The van der Waals surface area contributed by atoms with Crippen LogP contribution in [0.3, 0.4) is 0 Å². The normalized spacial score (nSPS) is 15.2. The Morgan fingerprint density at radius 1 is 1.02 bits per heavy atom. The molecule has 9 heteroatoms. The zero-order valence-corrected chi connectivity index (χ0v) is 27.5. The number of carbonyl (C=O) groups is 2. The van der Waals surface area contributed by atoms with Crippen LogP contribution in [0.1, 0.15) is 62.9 Å². The second kappa shape index (κ2) is 13.9. The molecule has 1 aliphatic heterocycles. The zero-order chi connectivity index (χ0) is 30.4. The fraction of sp³-hybridized carbons (Fsp3) is 0.303. The number of amides is 1. The van der Waals surface area contributed by atoms with E-state index in [0.29, 0.717) is 39.7 Å². The molecule has 0 aliphatic carbocycles. The monoisotopic (exact) mass is 667 g/mol. The number of nitrogens with zero attached hydrogens (tertiary/aromatic N) is 1. The number of rotatable bonds is 10. The average Bonchev–Trinajstić information content (AvgIpc) is 3.21. The maximum Gasteiger partial charge on any atom is 0.333 e. The minimum Gasteiger partial charge on any atom is -0.490 e. The first kappa shape index (κ1) is 31.8. The Morgan fingerprint density at radius 2 is 1.71 bits per heavy atom. The lowest BCUT2D eigenvalue weighted by molar-refractivity contribution is -0.151. The molecular formula is C33H34BrNO5S2. The van der Waals surface area contributed by atoms with Gasteiger partial charge in [0.1, 0.15) is 10.9 Å². The highest BCUT2D eigenvalue weighted by atomic mass is 79.9. The van der Waals surface area contributed by atoms with Crippen molar-refractivity contribution in [3.05, 3.63) is 98.4 Å². The number of halogens is 1. The molecule has 0 saturated carbocycles. The maximum absolute atomic E-state index is 13.6. The van der Waals surface area contributed by atoms with Crippen LogP contribution in [0, 0.1) is 0 Å². The molecule has 0 spiro atoms. The molecule has 0 radical (unpaired) electrons. The Balaban J connectivity index is 1.59. The lowest BCUT2D eigenvalue weighted by atomic mass is 9.87. The number of ether oxygens (including phenoxy) is 3. The Bertz CT molecular complexity index is 1480. The van der Waals surface area contributed by atoms with Crippen LogP contribution < -0.4 is 9.47 Å². The van der Waals surface area contributed by atoms with Crippen LogP contribution in [0.5, 0.6) is 11.5 Å². The van der Waals surface area contributed by atoms with Crippen molar-refractivity contribution in [2.45, 2.75) is 52.7 Å². The fourth-order valence-electron chi connectivity index (χ4n) is 4.43. The number of thioether (sulfide) groups is 1. The summed E-state index contributed by atoms with van der Waals surface area (Å²) in [4.78, 5) is 28.3. The van der Waals surface area contributed by atoms with E-state index in [1.807, 2.05) is 37.3 Å². The van der Waals surface area contributed by atoms with Gasteiger partial charge in [0.2, 0.25) is 0 Å². The van der Waals surface area contributed by atoms with Crippen molar-refractivity contribution in [1.82, 2.24) is 4.90 Å². The van der Waals surface area contributed by atoms with Crippen molar-refractivity contribution in [3.63, 3.8) is 0 Å². The van der Waals surface area contributed by atoms with E-state index >= 15 is 0 Å². The summed E-state index contributed by atoms with van der Waals surface area (Å²) in [6, 6.07) is 20.2. The molecule has 1 aliphatic rings. The first-order valence-corrected chi connectivity index (χ1v) is 15.7. The third-order valence-corrected chi connectivity index (χ3v) is 8.46. The van der Waals surface area contributed by atoms with Gasteiger partial charge in [-0.05, 0) is 75.7 Å². The van der Waals surface area contributed by atoms with Gasteiger partial charge in [0.05, 0.1) is 22.6 Å². The fourth-order valence-corrected chi connectivity index (χ4v) is 6.32. The average molecular weight is 669 g/mol. The summed E-state index contributed by atoms with van der Waals surface area (Å²) >= 11 is 10.4. The molecule has 42 heavy (non-hydrogen) atoms. The first-order valence-electron chi connectivity index (χ1n) is 13.7. The highest BCUT2D eigenvalue weighted by Crippen LogP contribution is 2.42. The zero-order valence-electron chi connectivity index (χ0n) is 24.3. The Labute approximate surface area is 265 Å². The van der Waals surface area contributed by atoms with Gasteiger partial charge in [0, 0.05) is 0 Å². The number of hydrogen-bond donors (Lipinski definition) is 0. The van der Waals surface area contributed by atoms with Crippen molar-refractivity contribution in [2.75, 3.05) is 13.2 Å². The van der Waals surface area contributed by atoms with E-state index in [0.717, 1.165) is 22.9 Å². The molecule has 4 rings (SSSR count). The summed E-state index contributed by atoms with van der Waals surface area (Å²) in [6.07, 6.45) is 1.74. The molecular weight excluding hydrogens is 634 g/mol. The van der Waals surface area contributed by atoms with Gasteiger partial charge in [-0.2, -0.15) is 0 Å². The lowest BCUT2D eigenvalue weighted by Crippen LogP contribution is -2.38. The minimum atomic E-state index is -0.969. The molecule has 1 unspecified atom stereocenters. The molecule has 0 N–H and O–H groups in total. The Hall–Kier alpha value is -3.14. The van der Waals surface area contributed by atoms with Gasteiger partial charge in [0.25, 0.3) is 5.91 Å². The molecule has 3 aromatic carbocycles. The third kappa shape index (κ3) is 7.43. The van der Waals surface area contributed by atoms with E-state index in [2.05, 4.69) is 61.0 Å². The molecule has 6 nitrogen and oxygen atoms in total. The largest absolute Gasteiger partial charge is 0.490 e. The van der Waals surface area contributed by atoms with Gasteiger partial charge >= 0.3 is 5.97 Å². The smallest absolute Gasteiger partial charge is 0.333 e. The molecule has 1 saturated heterocycles. The van der Waals surface area contributed by atoms with Gasteiger partial charge in [-0.25, -0.2) is 4.79 Å². The summed E-state index contributed by atoms with van der Waals surface area (Å²) in [5, 5.41) is 0. The van der Waals surface area contributed by atoms with Crippen LogP contribution in [0.25, 0.3) is 6.08 Å². The number of hydrogen-bond acceptors (Lipinski definition) is 7. The van der Waals surface area contributed by atoms with E-state index in [4.69, 9.17) is 26.4 Å². The molecule has 0 bridgehead atoms. The SMILES string of the molecule is CCOC(=O)C(c1ccccc1)N1C(=O)/C(=C\c2cc(Br)c(OCc3ccc(C(C)(C)C)cc3)c(OCC)c2)SC1=S. The Morgan fingerprint density at radius 3 is 2.33 bits per heavy atom. The van der Waals surface area contributed by atoms with Crippen LogP contribution in [-0.2, 0) is 26.3 Å². The maximum atomic E-state index is 13.6. The quantitative estimate of drug-likeness (QED) is 0.123. The van der Waals surface area contributed by atoms with Gasteiger partial charge in [0.15, 0.2) is 17.5 Å². The summed E-state index contributed by atoms with van der Waals surface area (Å²) in [5.74, 6) is 0.235. The van der Waals surface area contributed by atoms with Crippen LogP contribution in [0.15, 0.2) is 76.1 Å². The lowest BCUT2D eigenvalue weighted by Gasteiger charge is -2.25. The molecule has 1 fully saturated rings. The minimum absolute atomic E-state index is 0.0793. The molecule has 3 aromatic rings. The van der Waals surface area contributed by atoms with Gasteiger partial charge in [-0.1, -0.05) is 99.3 Å². The van der Waals surface area contributed by atoms with Gasteiger partial charge < -0.3 is 14.2 Å². The Kier molecular flexibility index (Phi) is 10.5. The summed E-state index contributed by atoms with van der Waals surface area (Å²) < 4.78 is 18.4. The summed E-state index contributed by atoms with van der Waals surface area (Å²) in [6.45, 7) is 11.2. The topological polar surface area (TPSA) is 65.1 Å². The number of carbonyl (C=O) groups excluding carboxylic acids is 2. The van der Waals surface area contributed by atoms with Gasteiger partial charge in [-0.3, -0.25) is 9.69 Å². The second-order valence-electron chi connectivity index (χ2n) is 10.6. The van der Waals surface area contributed by atoms with Crippen molar-refractivity contribution in [3.8, 4) is 11.5 Å². The van der Waals surface area contributed by atoms with E-state index in [1.165, 1.54) is 10.5 Å². The van der Waals surface area contributed by atoms with Crippen molar-refractivity contribution < 1.29 is 23.8 Å². The molecule has 1 amide bonds. The van der Waals surface area contributed by atoms with Crippen LogP contribution in [0.4, 0.5) is 0 Å². The predicted octanol–water partition coefficient (Wildman–Crippen LogP) is 8.23. The van der Waals surface area contributed by atoms with Crippen molar-refractivity contribution in [1.29, 1.82) is 0 Å². The molecule has 1 heterocycles. The van der Waals surface area contributed by atoms with Crippen LogP contribution in [-0.4, -0.2) is 34.3 Å². The second-order valence-corrected chi connectivity index (χ2v) is 13.1. The molecule has 0 aromatic heterocycles. The van der Waals surface area contributed by atoms with Crippen molar-refractivity contribution >= 4 is 62.2 Å². The van der Waals surface area contributed by atoms with Gasteiger partial charge in [-0.15, -0.1) is 0 Å². The number of esters is 1. The summed E-state index contributed by atoms with van der Waals surface area (Å²) in [5.41, 5.74) is 3.73. The highest BCUT2D eigenvalue weighted by molar-refractivity contribution is 9.10. The standard InChI is InChI=1S/C33H34BrNO5S2/c1-6-38-26-18-22(17-25(34)29(26)40-20-21-13-15-24(16-14-21)33(3,4)5)19-27-30(36)35(32(41)42-27)28(31(37)39-7-2)23-11-9-8-10-12-23/h8-19,28H,6-7,20H2,1-5H3/b27-19+. The number of benzene rings is 3. The highest BCUT2D eigenvalue weighted by Gasteiger charge is 2.42. The van der Waals surface area contributed by atoms with E-state index < -0.39 is 12.0 Å². The first-order chi connectivity index (χ1) is 20.0. The predicted molar refractivity (Wildman–Crippen MR) is 176 cm³/mol. The molecule has 1 atom stereocenters. The third-order valence-electron chi connectivity index (χ3n) is 6.54. The summed E-state index contributed by atoms with van der Waals surface area (Å²) in [7, 11) is 0. The van der Waals surface area contributed by atoms with E-state index in [9.17, 15) is 9.59 Å².